The Bertz CT molecular complexity index is 837. The molecule has 0 saturated heterocycles. The maximum Gasteiger partial charge on any atom is 0.115 e. The van der Waals surface area contributed by atoms with E-state index in [1.54, 1.807) is 12.1 Å². The van der Waals surface area contributed by atoms with E-state index in [4.69, 9.17) is 11.6 Å². The van der Waals surface area contributed by atoms with Crippen LogP contribution in [0.15, 0.2) is 78.9 Å². The number of aromatic hydroxyl groups is 1. The zero-order valence-corrected chi connectivity index (χ0v) is 15.9. The molecule has 0 aliphatic carbocycles. The zero-order valence-electron chi connectivity index (χ0n) is 15.1. The van der Waals surface area contributed by atoms with E-state index in [2.05, 4.69) is 17.0 Å². The number of rotatable bonds is 8. The van der Waals surface area contributed by atoms with Crippen molar-refractivity contribution in [3.05, 3.63) is 101 Å². The highest BCUT2D eigenvalue weighted by Gasteiger charge is 2.15. The summed E-state index contributed by atoms with van der Waals surface area (Å²) in [4.78, 5) is 2.24. The molecule has 27 heavy (non-hydrogen) atoms. The van der Waals surface area contributed by atoms with Crippen molar-refractivity contribution in [3.63, 3.8) is 0 Å². The zero-order chi connectivity index (χ0) is 19.1. The van der Waals surface area contributed by atoms with Crippen LogP contribution < -0.4 is 0 Å². The molecule has 0 heterocycles. The highest BCUT2D eigenvalue weighted by Crippen LogP contribution is 2.20. The molecular formula is C23H24ClNO2. The first-order valence-electron chi connectivity index (χ1n) is 9.08. The number of hydrogen-bond donors (Lipinski definition) is 2. The first-order valence-corrected chi connectivity index (χ1v) is 9.45. The SMILES string of the molecule is Oc1ccc(CCN(Cc2ccccc2)C[C@H](O)c2cccc(Cl)c2)cc1. The molecular weight excluding hydrogens is 358 g/mol. The molecule has 0 bridgehead atoms. The first-order chi connectivity index (χ1) is 13.1. The summed E-state index contributed by atoms with van der Waals surface area (Å²) in [5.41, 5.74) is 3.19. The van der Waals surface area contributed by atoms with Crippen LogP contribution in [0.1, 0.15) is 22.8 Å². The van der Waals surface area contributed by atoms with Gasteiger partial charge in [0.05, 0.1) is 6.10 Å². The van der Waals surface area contributed by atoms with E-state index in [-0.39, 0.29) is 5.75 Å². The van der Waals surface area contributed by atoms with Crippen LogP contribution >= 0.6 is 11.6 Å². The number of nitrogens with zero attached hydrogens (tertiary/aromatic N) is 1. The van der Waals surface area contributed by atoms with Gasteiger partial charge in [0.25, 0.3) is 0 Å². The van der Waals surface area contributed by atoms with Crippen LogP contribution in [0.2, 0.25) is 5.02 Å². The smallest absolute Gasteiger partial charge is 0.115 e. The Balaban J connectivity index is 1.69. The minimum absolute atomic E-state index is 0.274. The molecule has 3 aromatic carbocycles. The normalized spacial score (nSPS) is 12.3. The number of benzene rings is 3. The Morgan fingerprint density at radius 3 is 2.30 bits per heavy atom. The average molecular weight is 382 g/mol. The summed E-state index contributed by atoms with van der Waals surface area (Å²) in [5.74, 6) is 0.274. The topological polar surface area (TPSA) is 43.7 Å². The number of aliphatic hydroxyl groups is 1. The van der Waals surface area contributed by atoms with Gasteiger partial charge in [0.1, 0.15) is 5.75 Å². The second kappa shape index (κ2) is 9.56. The Labute approximate surface area is 165 Å². The largest absolute Gasteiger partial charge is 0.508 e. The van der Waals surface area contributed by atoms with Gasteiger partial charge < -0.3 is 10.2 Å². The van der Waals surface area contributed by atoms with E-state index in [1.165, 1.54) is 5.56 Å². The minimum Gasteiger partial charge on any atom is -0.508 e. The summed E-state index contributed by atoms with van der Waals surface area (Å²) >= 11 is 6.06. The van der Waals surface area contributed by atoms with Crippen molar-refractivity contribution in [1.29, 1.82) is 0 Å². The van der Waals surface area contributed by atoms with E-state index in [0.29, 0.717) is 11.6 Å². The van der Waals surface area contributed by atoms with Gasteiger partial charge in [-0.2, -0.15) is 0 Å². The van der Waals surface area contributed by atoms with Gasteiger partial charge in [-0.1, -0.05) is 66.2 Å². The molecule has 0 unspecified atom stereocenters. The molecule has 140 valence electrons. The number of phenols is 1. The Kier molecular flexibility index (Phi) is 6.88. The van der Waals surface area contributed by atoms with Gasteiger partial charge in [-0.05, 0) is 47.4 Å². The van der Waals surface area contributed by atoms with E-state index < -0.39 is 6.10 Å². The lowest BCUT2D eigenvalue weighted by molar-refractivity contribution is 0.109. The molecule has 0 fully saturated rings. The number of halogens is 1. The molecule has 0 radical (unpaired) electrons. The van der Waals surface area contributed by atoms with Crippen LogP contribution in [0.5, 0.6) is 5.75 Å². The molecule has 3 nitrogen and oxygen atoms in total. The molecule has 4 heteroatoms. The second-order valence-electron chi connectivity index (χ2n) is 6.71. The first kappa shape index (κ1) is 19.4. The fourth-order valence-corrected chi connectivity index (χ4v) is 3.29. The lowest BCUT2D eigenvalue weighted by Gasteiger charge is -2.25. The highest BCUT2D eigenvalue weighted by atomic mass is 35.5. The van der Waals surface area contributed by atoms with Gasteiger partial charge in [-0.3, -0.25) is 4.90 Å². The molecule has 3 rings (SSSR count). The van der Waals surface area contributed by atoms with Crippen LogP contribution in [0.3, 0.4) is 0 Å². The van der Waals surface area contributed by atoms with Crippen LogP contribution in [0.4, 0.5) is 0 Å². The quantitative estimate of drug-likeness (QED) is 0.587. The summed E-state index contributed by atoms with van der Waals surface area (Å²) in [5, 5.41) is 20.8. The molecule has 2 N–H and O–H groups in total. The van der Waals surface area contributed by atoms with Gasteiger partial charge in [0, 0.05) is 24.7 Å². The third-order valence-corrected chi connectivity index (χ3v) is 4.80. The van der Waals surface area contributed by atoms with E-state index >= 15 is 0 Å². The van der Waals surface area contributed by atoms with Crippen molar-refractivity contribution in [3.8, 4) is 5.75 Å². The minimum atomic E-state index is -0.604. The summed E-state index contributed by atoms with van der Waals surface area (Å²) in [6, 6.07) is 24.9. The van der Waals surface area contributed by atoms with Crippen LogP contribution in [0.25, 0.3) is 0 Å². The Morgan fingerprint density at radius 2 is 1.59 bits per heavy atom. The molecule has 0 aliphatic rings. The number of aliphatic hydroxyl groups excluding tert-OH is 1. The van der Waals surface area contributed by atoms with Gasteiger partial charge in [0.15, 0.2) is 0 Å². The molecule has 0 amide bonds. The lowest BCUT2D eigenvalue weighted by Crippen LogP contribution is -2.30. The van der Waals surface area contributed by atoms with Crippen molar-refractivity contribution in [2.75, 3.05) is 13.1 Å². The van der Waals surface area contributed by atoms with Crippen LogP contribution in [-0.4, -0.2) is 28.2 Å². The molecule has 0 saturated carbocycles. The van der Waals surface area contributed by atoms with Gasteiger partial charge in [-0.25, -0.2) is 0 Å². The van der Waals surface area contributed by atoms with Gasteiger partial charge >= 0.3 is 0 Å². The van der Waals surface area contributed by atoms with Gasteiger partial charge in [-0.15, -0.1) is 0 Å². The van der Waals surface area contributed by atoms with Crippen molar-refractivity contribution in [2.45, 2.75) is 19.1 Å². The predicted molar refractivity (Wildman–Crippen MR) is 110 cm³/mol. The Hall–Kier alpha value is -2.33. The third kappa shape index (κ3) is 6.10. The van der Waals surface area contributed by atoms with E-state index in [0.717, 1.165) is 30.6 Å². The molecule has 0 aliphatic heterocycles. The molecule has 1 atom stereocenters. The number of phenolic OH excluding ortho intramolecular Hbond substituents is 1. The lowest BCUT2D eigenvalue weighted by atomic mass is 10.1. The monoisotopic (exact) mass is 381 g/mol. The standard InChI is InChI=1S/C23H24ClNO2/c24-21-8-4-7-20(15-21)23(27)17-25(16-19-5-2-1-3-6-19)14-13-18-9-11-22(26)12-10-18/h1-12,15,23,26-27H,13-14,16-17H2/t23-/m0/s1. The van der Waals surface area contributed by atoms with Crippen LogP contribution in [0, 0.1) is 0 Å². The summed E-state index contributed by atoms with van der Waals surface area (Å²) in [6.07, 6.45) is 0.238. The van der Waals surface area contributed by atoms with Crippen LogP contribution in [-0.2, 0) is 13.0 Å². The highest BCUT2D eigenvalue weighted by molar-refractivity contribution is 6.30. The van der Waals surface area contributed by atoms with Crippen molar-refractivity contribution in [2.24, 2.45) is 0 Å². The summed E-state index contributed by atoms with van der Waals surface area (Å²) < 4.78 is 0. The van der Waals surface area contributed by atoms with Gasteiger partial charge in [0.2, 0.25) is 0 Å². The fraction of sp³-hybridized carbons (Fsp3) is 0.217. The van der Waals surface area contributed by atoms with Crippen molar-refractivity contribution in [1.82, 2.24) is 4.90 Å². The molecule has 0 spiro atoms. The Morgan fingerprint density at radius 1 is 0.852 bits per heavy atom. The maximum atomic E-state index is 10.7. The van der Waals surface area contributed by atoms with E-state index in [1.807, 2.05) is 54.6 Å². The second-order valence-corrected chi connectivity index (χ2v) is 7.14. The molecule has 0 aromatic heterocycles. The van der Waals surface area contributed by atoms with Crippen molar-refractivity contribution < 1.29 is 10.2 Å². The maximum absolute atomic E-state index is 10.7. The number of hydrogen-bond acceptors (Lipinski definition) is 3. The summed E-state index contributed by atoms with van der Waals surface area (Å²) in [6.45, 7) is 2.08. The van der Waals surface area contributed by atoms with Crippen molar-refractivity contribution >= 4 is 11.6 Å². The predicted octanol–water partition coefficient (Wildman–Crippen LogP) is 4.82. The molecule has 3 aromatic rings. The fourth-order valence-electron chi connectivity index (χ4n) is 3.09. The summed E-state index contributed by atoms with van der Waals surface area (Å²) in [7, 11) is 0. The third-order valence-electron chi connectivity index (χ3n) is 4.57. The average Bonchev–Trinajstić information content (AvgIpc) is 2.68. The van der Waals surface area contributed by atoms with E-state index in [9.17, 15) is 10.2 Å².